The van der Waals surface area contributed by atoms with Crippen LogP contribution >= 0.6 is 0 Å². The van der Waals surface area contributed by atoms with Gasteiger partial charge in [-0.1, -0.05) is 62.4 Å². The number of allylic oxidation sites excluding steroid dienone is 3. The van der Waals surface area contributed by atoms with Gasteiger partial charge in [0.2, 0.25) is 0 Å². The molecule has 0 aromatic heterocycles. The van der Waals surface area contributed by atoms with Gasteiger partial charge in [-0.25, -0.2) is 0 Å². The first-order valence-electron chi connectivity index (χ1n) is 6.00. The SMILES string of the molecule is C=C(C=CC)C(C#N)(CCC)c1ccccc1. The Balaban J connectivity index is 3.28. The summed E-state index contributed by atoms with van der Waals surface area (Å²) < 4.78 is 0. The van der Waals surface area contributed by atoms with E-state index in [4.69, 9.17) is 0 Å². The molecule has 0 spiro atoms. The lowest BCUT2D eigenvalue weighted by molar-refractivity contribution is 0.582. The van der Waals surface area contributed by atoms with Gasteiger partial charge in [0, 0.05) is 0 Å². The van der Waals surface area contributed by atoms with Gasteiger partial charge in [-0.3, -0.25) is 0 Å². The molecular formula is C16H19N. The second kappa shape index (κ2) is 6.06. The molecule has 88 valence electrons. The van der Waals surface area contributed by atoms with Crippen molar-refractivity contribution < 1.29 is 0 Å². The van der Waals surface area contributed by atoms with E-state index in [9.17, 15) is 5.26 Å². The summed E-state index contributed by atoms with van der Waals surface area (Å²) in [4.78, 5) is 0. The molecule has 0 amide bonds. The molecule has 1 heteroatoms. The van der Waals surface area contributed by atoms with Gasteiger partial charge in [-0.15, -0.1) is 0 Å². The smallest absolute Gasteiger partial charge is 0.107 e. The first-order chi connectivity index (χ1) is 8.21. The fraction of sp³-hybridized carbons (Fsp3) is 0.312. The lowest BCUT2D eigenvalue weighted by atomic mass is 9.72. The minimum Gasteiger partial charge on any atom is -0.197 e. The van der Waals surface area contributed by atoms with Crippen molar-refractivity contribution in [2.24, 2.45) is 0 Å². The fourth-order valence-electron chi connectivity index (χ4n) is 2.12. The Morgan fingerprint density at radius 1 is 1.41 bits per heavy atom. The van der Waals surface area contributed by atoms with Crippen LogP contribution in [0.1, 0.15) is 32.3 Å². The van der Waals surface area contributed by atoms with E-state index in [0.29, 0.717) is 0 Å². The molecule has 0 aliphatic heterocycles. The van der Waals surface area contributed by atoms with E-state index in [-0.39, 0.29) is 0 Å². The maximum Gasteiger partial charge on any atom is 0.107 e. The summed E-state index contributed by atoms with van der Waals surface area (Å²) in [5, 5.41) is 9.61. The summed E-state index contributed by atoms with van der Waals surface area (Å²) in [6.07, 6.45) is 5.63. The highest BCUT2D eigenvalue weighted by atomic mass is 14.4. The summed E-state index contributed by atoms with van der Waals surface area (Å²) >= 11 is 0. The number of rotatable bonds is 5. The number of hydrogen-bond donors (Lipinski definition) is 0. The molecule has 0 heterocycles. The lowest BCUT2D eigenvalue weighted by Gasteiger charge is -2.27. The molecule has 0 aliphatic carbocycles. The standard InChI is InChI=1S/C16H19N/c1-4-9-14(3)16(13-17,12-5-2)15-10-7-6-8-11-15/h4,6-11H,3,5,12H2,1-2H3. The molecule has 1 aromatic rings. The molecule has 0 N–H and O–H groups in total. The predicted octanol–water partition coefficient (Wildman–Crippen LogP) is 4.38. The van der Waals surface area contributed by atoms with Crippen molar-refractivity contribution in [3.05, 3.63) is 60.2 Å². The van der Waals surface area contributed by atoms with Gasteiger partial charge in [0.15, 0.2) is 0 Å². The zero-order chi connectivity index (χ0) is 12.7. The molecule has 17 heavy (non-hydrogen) atoms. The van der Waals surface area contributed by atoms with Gasteiger partial charge in [0.1, 0.15) is 5.41 Å². The normalized spacial score (nSPS) is 14.2. The van der Waals surface area contributed by atoms with Gasteiger partial charge in [-0.2, -0.15) is 5.26 Å². The van der Waals surface area contributed by atoms with Crippen molar-refractivity contribution in [3.8, 4) is 6.07 Å². The first-order valence-corrected chi connectivity index (χ1v) is 6.00. The molecule has 1 atom stereocenters. The Labute approximate surface area is 104 Å². The van der Waals surface area contributed by atoms with Crippen LogP contribution in [0.15, 0.2) is 54.6 Å². The van der Waals surface area contributed by atoms with Crippen LogP contribution in [0.2, 0.25) is 0 Å². The van der Waals surface area contributed by atoms with E-state index in [1.165, 1.54) is 0 Å². The highest BCUT2D eigenvalue weighted by Crippen LogP contribution is 2.36. The Hall–Kier alpha value is -1.81. The zero-order valence-electron chi connectivity index (χ0n) is 10.6. The average Bonchev–Trinajstić information content (AvgIpc) is 2.37. The van der Waals surface area contributed by atoms with Gasteiger partial charge in [0.05, 0.1) is 6.07 Å². The van der Waals surface area contributed by atoms with Gasteiger partial charge >= 0.3 is 0 Å². The largest absolute Gasteiger partial charge is 0.197 e. The zero-order valence-corrected chi connectivity index (χ0v) is 10.6. The second-order valence-electron chi connectivity index (χ2n) is 4.16. The molecule has 0 aliphatic rings. The molecule has 0 bridgehead atoms. The topological polar surface area (TPSA) is 23.8 Å². The van der Waals surface area contributed by atoms with Gasteiger partial charge in [-0.05, 0) is 24.5 Å². The summed E-state index contributed by atoms with van der Waals surface area (Å²) in [6.45, 7) is 8.12. The average molecular weight is 225 g/mol. The molecule has 0 fully saturated rings. The Bertz CT molecular complexity index is 436. The van der Waals surface area contributed by atoms with Crippen LogP contribution in [0.4, 0.5) is 0 Å². The van der Waals surface area contributed by atoms with Crippen molar-refractivity contribution in [2.75, 3.05) is 0 Å². The molecule has 1 rings (SSSR count). The molecule has 0 saturated heterocycles. The van der Waals surface area contributed by atoms with E-state index < -0.39 is 5.41 Å². The predicted molar refractivity (Wildman–Crippen MR) is 72.6 cm³/mol. The van der Waals surface area contributed by atoms with E-state index in [1.54, 1.807) is 0 Å². The summed E-state index contributed by atoms with van der Waals surface area (Å²) in [5.74, 6) is 0. The molecule has 0 radical (unpaired) electrons. The van der Waals surface area contributed by atoms with Crippen LogP contribution in [0.25, 0.3) is 0 Å². The van der Waals surface area contributed by atoms with Crippen molar-refractivity contribution in [3.63, 3.8) is 0 Å². The maximum atomic E-state index is 9.61. The Morgan fingerprint density at radius 3 is 2.53 bits per heavy atom. The van der Waals surface area contributed by atoms with E-state index >= 15 is 0 Å². The summed E-state index contributed by atoms with van der Waals surface area (Å²) in [5.41, 5.74) is 1.32. The molecule has 1 unspecified atom stereocenters. The number of nitrogens with zero attached hydrogens (tertiary/aromatic N) is 1. The summed E-state index contributed by atoms with van der Waals surface area (Å²) in [7, 11) is 0. The maximum absolute atomic E-state index is 9.61. The van der Waals surface area contributed by atoms with Crippen LogP contribution in [0.5, 0.6) is 0 Å². The minimum absolute atomic E-state index is 0.581. The molecule has 0 saturated carbocycles. The van der Waals surface area contributed by atoms with E-state index in [1.807, 2.05) is 49.4 Å². The van der Waals surface area contributed by atoms with Crippen LogP contribution in [-0.4, -0.2) is 0 Å². The fourth-order valence-corrected chi connectivity index (χ4v) is 2.12. The number of nitriles is 1. The quantitative estimate of drug-likeness (QED) is 0.682. The van der Waals surface area contributed by atoms with Gasteiger partial charge < -0.3 is 0 Å². The van der Waals surface area contributed by atoms with Crippen molar-refractivity contribution in [2.45, 2.75) is 32.1 Å². The molecular weight excluding hydrogens is 206 g/mol. The monoisotopic (exact) mass is 225 g/mol. The highest BCUT2D eigenvalue weighted by molar-refractivity contribution is 5.46. The summed E-state index contributed by atoms with van der Waals surface area (Å²) in [6, 6.07) is 12.4. The molecule has 1 nitrogen and oxygen atoms in total. The van der Waals surface area contributed by atoms with Crippen LogP contribution in [0.3, 0.4) is 0 Å². The van der Waals surface area contributed by atoms with Crippen LogP contribution in [-0.2, 0) is 5.41 Å². The first kappa shape index (κ1) is 13.3. The minimum atomic E-state index is -0.581. The lowest BCUT2D eigenvalue weighted by Crippen LogP contribution is -2.25. The third-order valence-electron chi connectivity index (χ3n) is 3.00. The Morgan fingerprint density at radius 2 is 2.06 bits per heavy atom. The number of hydrogen-bond acceptors (Lipinski definition) is 1. The highest BCUT2D eigenvalue weighted by Gasteiger charge is 2.33. The van der Waals surface area contributed by atoms with Crippen molar-refractivity contribution in [1.82, 2.24) is 0 Å². The van der Waals surface area contributed by atoms with E-state index in [2.05, 4.69) is 19.6 Å². The van der Waals surface area contributed by atoms with Crippen molar-refractivity contribution >= 4 is 0 Å². The van der Waals surface area contributed by atoms with Crippen LogP contribution < -0.4 is 0 Å². The molecule has 1 aromatic carbocycles. The third kappa shape index (κ3) is 2.65. The third-order valence-corrected chi connectivity index (χ3v) is 3.00. The van der Waals surface area contributed by atoms with E-state index in [0.717, 1.165) is 24.0 Å². The number of benzene rings is 1. The van der Waals surface area contributed by atoms with Crippen molar-refractivity contribution in [1.29, 1.82) is 5.26 Å². The van der Waals surface area contributed by atoms with Crippen LogP contribution in [0, 0.1) is 11.3 Å². The Kier molecular flexibility index (Phi) is 4.72. The van der Waals surface area contributed by atoms with Gasteiger partial charge in [0.25, 0.3) is 0 Å². The second-order valence-corrected chi connectivity index (χ2v) is 4.16.